The molecule has 0 aromatic rings. The number of carbonyl (C=O) groups excluding carboxylic acids is 3. The molecule has 4 heteroatoms. The van der Waals surface area contributed by atoms with Crippen LogP contribution in [-0.2, 0) is 19.1 Å². The summed E-state index contributed by atoms with van der Waals surface area (Å²) in [6.45, 7) is 13.4. The summed E-state index contributed by atoms with van der Waals surface area (Å²) in [5.41, 5.74) is 3.23. The van der Waals surface area contributed by atoms with E-state index in [-0.39, 0.29) is 23.7 Å². The van der Waals surface area contributed by atoms with Crippen molar-refractivity contribution in [3.63, 3.8) is 0 Å². The van der Waals surface area contributed by atoms with Crippen LogP contribution in [0, 0.1) is 11.3 Å². The Hall–Kier alpha value is -2.23. The molecule has 0 unspecified atom stereocenters. The van der Waals surface area contributed by atoms with E-state index in [2.05, 4.69) is 32.9 Å². The van der Waals surface area contributed by atoms with Gasteiger partial charge in [-0.2, -0.15) is 0 Å². The summed E-state index contributed by atoms with van der Waals surface area (Å²) in [6, 6.07) is 0. The Kier molecular flexibility index (Phi) is 9.67. The largest absolute Gasteiger partial charge is 0.468 e. The second-order valence-corrected chi connectivity index (χ2v) is 9.01. The zero-order valence-electron chi connectivity index (χ0n) is 20.0. The molecule has 0 fully saturated rings. The lowest BCUT2D eigenvalue weighted by atomic mass is 9.63. The summed E-state index contributed by atoms with van der Waals surface area (Å²) in [5.74, 6) is -1.27. The minimum atomic E-state index is -1.33. The lowest BCUT2D eigenvalue weighted by Gasteiger charge is -2.38. The third-order valence-corrected chi connectivity index (χ3v) is 5.89. The van der Waals surface area contributed by atoms with Gasteiger partial charge in [-0.1, -0.05) is 40.5 Å². The zero-order valence-corrected chi connectivity index (χ0v) is 20.0. The van der Waals surface area contributed by atoms with Gasteiger partial charge in [0.1, 0.15) is 5.41 Å². The van der Waals surface area contributed by atoms with Crippen LogP contribution in [0.5, 0.6) is 0 Å². The third-order valence-electron chi connectivity index (χ3n) is 5.89. The Bertz CT molecular complexity index is 799. The number of Topliss-reactive ketones (excluding diaryl/α,β-unsaturated/α-hetero) is 2. The smallest absolute Gasteiger partial charge is 0.320 e. The van der Waals surface area contributed by atoms with Crippen molar-refractivity contribution in [1.82, 2.24) is 0 Å². The number of ether oxygens (including phenoxy) is 1. The van der Waals surface area contributed by atoms with Gasteiger partial charge < -0.3 is 4.74 Å². The van der Waals surface area contributed by atoms with Gasteiger partial charge in [0.05, 0.1) is 12.7 Å². The molecule has 2 atom stereocenters. The molecule has 0 spiro atoms. The molecule has 0 aliphatic heterocycles. The summed E-state index contributed by atoms with van der Waals surface area (Å²) in [4.78, 5) is 38.6. The van der Waals surface area contributed by atoms with E-state index in [4.69, 9.17) is 4.74 Å². The van der Waals surface area contributed by atoms with Crippen molar-refractivity contribution >= 4 is 17.5 Å². The first-order chi connectivity index (χ1) is 14.0. The SMILES string of the molecule is COC(=O)[C@@]1(CC=C(C)C)C[C@@H](C/C=C(\C)CCC=C(C)C)C(C)=C(C(C)=O)C1=O. The van der Waals surface area contributed by atoms with Crippen LogP contribution >= 0.6 is 0 Å². The van der Waals surface area contributed by atoms with Crippen molar-refractivity contribution in [2.45, 2.75) is 80.6 Å². The second-order valence-electron chi connectivity index (χ2n) is 9.01. The van der Waals surface area contributed by atoms with Crippen molar-refractivity contribution in [3.8, 4) is 0 Å². The Morgan fingerprint density at radius 2 is 1.63 bits per heavy atom. The fourth-order valence-corrected chi connectivity index (χ4v) is 4.03. The van der Waals surface area contributed by atoms with Crippen LogP contribution in [0.25, 0.3) is 0 Å². The number of methoxy groups -OCH3 is 1. The topological polar surface area (TPSA) is 60.4 Å². The molecule has 0 aromatic carbocycles. The lowest BCUT2D eigenvalue weighted by molar-refractivity contribution is -0.158. The normalized spacial score (nSPS) is 21.9. The molecular weight excluding hydrogens is 376 g/mol. The molecule has 4 nitrogen and oxygen atoms in total. The number of rotatable bonds is 9. The van der Waals surface area contributed by atoms with Gasteiger partial charge in [0.25, 0.3) is 0 Å². The first kappa shape index (κ1) is 25.8. The molecule has 0 heterocycles. The van der Waals surface area contributed by atoms with Gasteiger partial charge in [0, 0.05) is 0 Å². The van der Waals surface area contributed by atoms with E-state index in [9.17, 15) is 14.4 Å². The highest BCUT2D eigenvalue weighted by molar-refractivity contribution is 6.27. The lowest BCUT2D eigenvalue weighted by Crippen LogP contribution is -2.47. The first-order valence-corrected chi connectivity index (χ1v) is 10.7. The summed E-state index contributed by atoms with van der Waals surface area (Å²) >= 11 is 0. The molecule has 0 radical (unpaired) electrons. The molecule has 1 rings (SSSR count). The Balaban J connectivity index is 3.33. The van der Waals surface area contributed by atoms with Crippen LogP contribution in [-0.4, -0.2) is 24.6 Å². The van der Waals surface area contributed by atoms with Crippen LogP contribution in [0.1, 0.15) is 80.6 Å². The van der Waals surface area contributed by atoms with Gasteiger partial charge in [0.15, 0.2) is 11.6 Å². The fourth-order valence-electron chi connectivity index (χ4n) is 4.03. The average Bonchev–Trinajstić information content (AvgIpc) is 2.65. The maximum Gasteiger partial charge on any atom is 0.320 e. The van der Waals surface area contributed by atoms with E-state index in [1.54, 1.807) is 0 Å². The van der Waals surface area contributed by atoms with Crippen molar-refractivity contribution in [2.75, 3.05) is 7.11 Å². The first-order valence-electron chi connectivity index (χ1n) is 10.7. The Morgan fingerprint density at radius 3 is 2.13 bits per heavy atom. The van der Waals surface area contributed by atoms with Crippen molar-refractivity contribution in [1.29, 1.82) is 0 Å². The molecule has 30 heavy (non-hydrogen) atoms. The molecule has 0 saturated heterocycles. The van der Waals surface area contributed by atoms with Gasteiger partial charge >= 0.3 is 5.97 Å². The van der Waals surface area contributed by atoms with E-state index >= 15 is 0 Å². The van der Waals surface area contributed by atoms with E-state index < -0.39 is 17.2 Å². The predicted molar refractivity (Wildman–Crippen MR) is 122 cm³/mol. The minimum Gasteiger partial charge on any atom is -0.468 e. The maximum atomic E-state index is 13.4. The summed E-state index contributed by atoms with van der Waals surface area (Å²) in [7, 11) is 1.31. The Labute approximate surface area is 182 Å². The van der Waals surface area contributed by atoms with Crippen molar-refractivity contribution in [3.05, 3.63) is 46.1 Å². The average molecular weight is 415 g/mol. The maximum absolute atomic E-state index is 13.4. The highest BCUT2D eigenvalue weighted by Crippen LogP contribution is 2.45. The molecule has 1 aliphatic carbocycles. The molecule has 0 N–H and O–H groups in total. The molecular formula is C26H38O4. The van der Waals surface area contributed by atoms with Crippen molar-refractivity contribution in [2.24, 2.45) is 11.3 Å². The van der Waals surface area contributed by atoms with Gasteiger partial charge in [0.2, 0.25) is 0 Å². The number of hydrogen-bond donors (Lipinski definition) is 0. The zero-order chi connectivity index (χ0) is 23.1. The van der Waals surface area contributed by atoms with Gasteiger partial charge in [-0.25, -0.2) is 0 Å². The molecule has 0 bridgehead atoms. The van der Waals surface area contributed by atoms with Crippen molar-refractivity contribution < 1.29 is 19.1 Å². The number of allylic oxidation sites excluding steroid dienone is 8. The Morgan fingerprint density at radius 1 is 1.03 bits per heavy atom. The predicted octanol–water partition coefficient (Wildman–Crippen LogP) is 6.08. The van der Waals surface area contributed by atoms with E-state index in [0.717, 1.165) is 24.0 Å². The highest BCUT2D eigenvalue weighted by Gasteiger charge is 2.52. The van der Waals surface area contributed by atoms with Crippen LogP contribution in [0.2, 0.25) is 0 Å². The number of carbonyl (C=O) groups is 3. The summed E-state index contributed by atoms with van der Waals surface area (Å²) in [6.07, 6.45) is 9.58. The van der Waals surface area contributed by atoms with Crippen LogP contribution < -0.4 is 0 Å². The number of hydrogen-bond acceptors (Lipinski definition) is 4. The minimum absolute atomic E-state index is 0.0512. The molecule has 0 saturated carbocycles. The quantitative estimate of drug-likeness (QED) is 0.198. The standard InChI is InChI=1S/C26H38O4/c1-17(2)10-9-11-19(5)12-13-22-16-26(25(29)30-8,15-14-18(3)4)24(28)23(20(22)6)21(7)27/h10,12,14,22H,9,11,13,15-16H2,1-8H3/b19-12+/t22-,26+/m1/s1. The van der Waals surface area contributed by atoms with Gasteiger partial charge in [-0.15, -0.1) is 0 Å². The van der Waals surface area contributed by atoms with Crippen LogP contribution in [0.4, 0.5) is 0 Å². The number of esters is 1. The van der Waals surface area contributed by atoms with E-state index in [1.807, 2.05) is 26.8 Å². The summed E-state index contributed by atoms with van der Waals surface area (Å²) in [5, 5.41) is 0. The molecule has 166 valence electrons. The second kappa shape index (κ2) is 11.2. The molecule has 1 aliphatic rings. The van der Waals surface area contributed by atoms with Gasteiger partial charge in [-0.3, -0.25) is 14.4 Å². The van der Waals surface area contributed by atoms with E-state index in [1.165, 1.54) is 25.2 Å². The molecule has 0 amide bonds. The van der Waals surface area contributed by atoms with Crippen LogP contribution in [0.3, 0.4) is 0 Å². The highest BCUT2D eigenvalue weighted by atomic mass is 16.5. The molecule has 0 aromatic heterocycles. The van der Waals surface area contributed by atoms with Crippen LogP contribution in [0.15, 0.2) is 46.1 Å². The third kappa shape index (κ3) is 6.38. The monoisotopic (exact) mass is 414 g/mol. The van der Waals surface area contributed by atoms with Gasteiger partial charge in [-0.05, 0) is 86.5 Å². The fraction of sp³-hybridized carbons (Fsp3) is 0.577. The van der Waals surface area contributed by atoms with E-state index in [0.29, 0.717) is 12.8 Å². The summed E-state index contributed by atoms with van der Waals surface area (Å²) < 4.78 is 5.06. The number of ketones is 2.